The molecule has 0 aliphatic carbocycles. The molecule has 1 aliphatic rings. The highest BCUT2D eigenvalue weighted by Crippen LogP contribution is 2.29. The number of nitrogens with zero attached hydrogens (tertiary/aromatic N) is 6. The van der Waals surface area contributed by atoms with Crippen LogP contribution in [0.4, 0.5) is 4.79 Å². The maximum Gasteiger partial charge on any atom is 0.417 e. The van der Waals surface area contributed by atoms with E-state index >= 15 is 0 Å². The predicted octanol–water partition coefficient (Wildman–Crippen LogP) is 1.15. The van der Waals surface area contributed by atoms with Crippen LogP contribution in [-0.2, 0) is 29.7 Å². The molecule has 30 heavy (non-hydrogen) atoms. The number of carbonyl (C=O) groups excluding carboxylic acids is 1. The Balaban J connectivity index is 1.76. The lowest BCUT2D eigenvalue weighted by molar-refractivity contribution is 0.146. The van der Waals surface area contributed by atoms with E-state index < -0.39 is 16.3 Å². The van der Waals surface area contributed by atoms with Crippen LogP contribution in [0.15, 0.2) is 29.0 Å². The van der Waals surface area contributed by atoms with Crippen molar-refractivity contribution >= 4 is 16.3 Å². The molecule has 2 aromatic rings. The molecule has 0 N–H and O–H groups in total. The van der Waals surface area contributed by atoms with Crippen LogP contribution in [0.25, 0.3) is 0 Å². The number of ether oxygens (including phenoxy) is 1. The Labute approximate surface area is 174 Å². The molecule has 1 amide bonds. The predicted molar refractivity (Wildman–Crippen MR) is 104 cm³/mol. The molecule has 12 heteroatoms. The highest BCUT2D eigenvalue weighted by Gasteiger charge is 2.34. The lowest BCUT2D eigenvalue weighted by Crippen LogP contribution is -2.42. The van der Waals surface area contributed by atoms with Gasteiger partial charge in [0.2, 0.25) is 0 Å². The SMILES string of the molecule is CN(C)S(=O)(=O)N1CCc2onc(OC(=O)N(CCC#N)Cc3cccnc3)c2C1. The number of aromatic nitrogens is 2. The van der Waals surface area contributed by atoms with Crippen LogP contribution >= 0.6 is 0 Å². The molecule has 160 valence electrons. The minimum absolute atomic E-state index is 0.0111. The van der Waals surface area contributed by atoms with Gasteiger partial charge in [0.05, 0.1) is 24.6 Å². The van der Waals surface area contributed by atoms with Crippen molar-refractivity contribution in [1.82, 2.24) is 23.7 Å². The van der Waals surface area contributed by atoms with Gasteiger partial charge < -0.3 is 14.2 Å². The van der Waals surface area contributed by atoms with E-state index in [4.69, 9.17) is 14.5 Å². The third-order valence-electron chi connectivity index (χ3n) is 4.58. The summed E-state index contributed by atoms with van der Waals surface area (Å²) >= 11 is 0. The topological polar surface area (TPSA) is 133 Å². The monoisotopic (exact) mass is 434 g/mol. The summed E-state index contributed by atoms with van der Waals surface area (Å²) < 4.78 is 37.9. The van der Waals surface area contributed by atoms with Crippen molar-refractivity contribution < 1.29 is 22.5 Å². The van der Waals surface area contributed by atoms with Gasteiger partial charge in [0.1, 0.15) is 5.76 Å². The summed E-state index contributed by atoms with van der Waals surface area (Å²) in [4.78, 5) is 18.1. The molecule has 2 aromatic heterocycles. The van der Waals surface area contributed by atoms with E-state index in [1.807, 2.05) is 12.1 Å². The van der Waals surface area contributed by atoms with E-state index in [1.54, 1.807) is 18.5 Å². The number of hydrogen-bond acceptors (Lipinski definition) is 8. The summed E-state index contributed by atoms with van der Waals surface area (Å²) in [7, 11) is -0.733. The zero-order valence-corrected chi connectivity index (χ0v) is 17.5. The second kappa shape index (κ2) is 9.21. The van der Waals surface area contributed by atoms with Gasteiger partial charge in [-0.15, -0.1) is 0 Å². The lowest BCUT2D eigenvalue weighted by Gasteiger charge is -2.28. The Hall–Kier alpha value is -3.01. The number of rotatable bonds is 7. The van der Waals surface area contributed by atoms with E-state index in [-0.39, 0.29) is 38.5 Å². The summed E-state index contributed by atoms with van der Waals surface area (Å²) in [6, 6.07) is 5.56. The zero-order chi connectivity index (χ0) is 21.7. The van der Waals surface area contributed by atoms with Crippen LogP contribution in [0.5, 0.6) is 5.88 Å². The van der Waals surface area contributed by atoms with E-state index in [2.05, 4.69) is 10.1 Å². The molecule has 1 aliphatic heterocycles. The van der Waals surface area contributed by atoms with Crippen molar-refractivity contribution in [3.63, 3.8) is 0 Å². The van der Waals surface area contributed by atoms with Gasteiger partial charge >= 0.3 is 6.09 Å². The average Bonchev–Trinajstić information content (AvgIpc) is 3.13. The number of pyridine rings is 1. The second-order valence-corrected chi connectivity index (χ2v) is 8.96. The van der Waals surface area contributed by atoms with Crippen LogP contribution in [-0.4, -0.2) is 65.3 Å². The maximum absolute atomic E-state index is 12.7. The molecule has 0 saturated heterocycles. The largest absolute Gasteiger partial charge is 0.417 e. The standard InChI is InChI=1S/C18H22N6O5S/c1-22(2)30(26,27)24-10-6-16-15(13-24)17(21-29-16)28-18(25)23(9-4-7-19)12-14-5-3-8-20-11-14/h3,5,8,11H,4,6,9-10,12-13H2,1-2H3. The lowest BCUT2D eigenvalue weighted by atomic mass is 10.1. The molecule has 0 atom stereocenters. The average molecular weight is 434 g/mol. The highest BCUT2D eigenvalue weighted by molar-refractivity contribution is 7.86. The van der Waals surface area contributed by atoms with Gasteiger partial charge in [-0.3, -0.25) is 4.98 Å². The van der Waals surface area contributed by atoms with Crippen molar-refractivity contribution in [2.45, 2.75) is 25.9 Å². The first-order valence-electron chi connectivity index (χ1n) is 9.20. The van der Waals surface area contributed by atoms with Gasteiger partial charge in [-0.05, 0) is 16.8 Å². The van der Waals surface area contributed by atoms with Crippen LogP contribution in [0, 0.1) is 11.3 Å². The molecule has 0 aromatic carbocycles. The van der Waals surface area contributed by atoms with Gasteiger partial charge in [0, 0.05) is 52.5 Å². The number of fused-ring (bicyclic) bond motifs is 1. The highest BCUT2D eigenvalue weighted by atomic mass is 32.2. The Kier molecular flexibility index (Phi) is 6.66. The van der Waals surface area contributed by atoms with Gasteiger partial charge in [-0.1, -0.05) is 6.07 Å². The van der Waals surface area contributed by atoms with Crippen molar-refractivity contribution in [2.24, 2.45) is 0 Å². The molecule has 0 fully saturated rings. The first-order valence-corrected chi connectivity index (χ1v) is 10.6. The molecule has 0 radical (unpaired) electrons. The Bertz CT molecular complexity index is 1030. The first-order chi connectivity index (χ1) is 14.3. The minimum Gasteiger partial charge on any atom is -0.387 e. The molecule has 0 saturated carbocycles. The van der Waals surface area contributed by atoms with Gasteiger partial charge in [0.15, 0.2) is 0 Å². The quantitative estimate of drug-likeness (QED) is 0.634. The van der Waals surface area contributed by atoms with Gasteiger partial charge in [-0.25, -0.2) is 4.79 Å². The first kappa shape index (κ1) is 21.7. The molecule has 0 unspecified atom stereocenters. The van der Waals surface area contributed by atoms with Gasteiger partial charge in [0.25, 0.3) is 16.1 Å². The molecule has 11 nitrogen and oxygen atoms in total. The van der Waals surface area contributed by atoms with E-state index in [0.29, 0.717) is 17.7 Å². The van der Waals surface area contributed by atoms with E-state index in [0.717, 1.165) is 9.87 Å². The third kappa shape index (κ3) is 4.76. The Morgan fingerprint density at radius 1 is 1.43 bits per heavy atom. The number of hydrogen-bond donors (Lipinski definition) is 0. The summed E-state index contributed by atoms with van der Waals surface area (Å²) in [5, 5.41) is 12.7. The van der Waals surface area contributed by atoms with Crippen molar-refractivity contribution in [3.8, 4) is 11.9 Å². The number of nitriles is 1. The van der Waals surface area contributed by atoms with E-state index in [1.165, 1.54) is 23.3 Å². The number of carbonyl (C=O) groups is 1. The number of amides is 1. The third-order valence-corrected chi connectivity index (χ3v) is 6.46. The molecule has 0 bridgehead atoms. The summed E-state index contributed by atoms with van der Waals surface area (Å²) in [6.07, 6.45) is 2.98. The maximum atomic E-state index is 12.7. The Morgan fingerprint density at radius 3 is 2.90 bits per heavy atom. The molecular formula is C18H22N6O5S. The molecular weight excluding hydrogens is 412 g/mol. The van der Waals surface area contributed by atoms with Crippen LogP contribution < -0.4 is 4.74 Å². The Morgan fingerprint density at radius 2 is 2.23 bits per heavy atom. The second-order valence-electron chi connectivity index (χ2n) is 6.82. The van der Waals surface area contributed by atoms with Crippen LogP contribution in [0.3, 0.4) is 0 Å². The smallest absolute Gasteiger partial charge is 0.387 e. The van der Waals surface area contributed by atoms with Crippen LogP contribution in [0.2, 0.25) is 0 Å². The fourth-order valence-electron chi connectivity index (χ4n) is 2.95. The van der Waals surface area contributed by atoms with Crippen molar-refractivity contribution in [1.29, 1.82) is 5.26 Å². The summed E-state index contributed by atoms with van der Waals surface area (Å²) in [5.41, 5.74) is 1.19. The molecule has 3 rings (SSSR count). The normalized spacial score (nSPS) is 14.2. The fourth-order valence-corrected chi connectivity index (χ4v) is 4.02. The van der Waals surface area contributed by atoms with E-state index in [9.17, 15) is 13.2 Å². The summed E-state index contributed by atoms with van der Waals surface area (Å²) in [6.45, 7) is 0.592. The van der Waals surface area contributed by atoms with Crippen LogP contribution in [0.1, 0.15) is 23.3 Å². The molecule has 3 heterocycles. The zero-order valence-electron chi connectivity index (χ0n) is 16.7. The molecule has 0 spiro atoms. The van der Waals surface area contributed by atoms with Crippen molar-refractivity contribution in [2.75, 3.05) is 27.2 Å². The van der Waals surface area contributed by atoms with Crippen molar-refractivity contribution in [3.05, 3.63) is 41.4 Å². The fraction of sp³-hybridized carbons (Fsp3) is 0.444. The minimum atomic E-state index is -3.63. The van der Waals surface area contributed by atoms with Gasteiger partial charge in [-0.2, -0.15) is 22.3 Å². The summed E-state index contributed by atoms with van der Waals surface area (Å²) in [5.74, 6) is 0.417.